The van der Waals surface area contributed by atoms with E-state index in [0.29, 0.717) is 12.3 Å². The first-order valence-electron chi connectivity index (χ1n) is 10.6. The summed E-state index contributed by atoms with van der Waals surface area (Å²) in [6.45, 7) is 3.38. The van der Waals surface area contributed by atoms with Crippen LogP contribution in [0.3, 0.4) is 0 Å². The lowest BCUT2D eigenvalue weighted by atomic mass is 9.72. The van der Waals surface area contributed by atoms with Gasteiger partial charge in [0.15, 0.2) is 0 Å². The van der Waals surface area contributed by atoms with Gasteiger partial charge in [0.1, 0.15) is 6.04 Å². The van der Waals surface area contributed by atoms with Gasteiger partial charge in [0.2, 0.25) is 11.8 Å². The summed E-state index contributed by atoms with van der Waals surface area (Å²) in [7, 11) is 0. The smallest absolute Gasteiger partial charge is 0.245 e. The number of fused-ring (bicyclic) bond motifs is 5. The average molecular weight is 404 g/mol. The largest absolute Gasteiger partial charge is 0.340 e. The van der Waals surface area contributed by atoms with Crippen molar-refractivity contribution < 1.29 is 9.59 Å². The van der Waals surface area contributed by atoms with Crippen molar-refractivity contribution in [3.05, 3.63) is 35.4 Å². The molecule has 2 amide bonds. The Morgan fingerprint density at radius 2 is 1.68 bits per heavy atom. The molecule has 0 radical (unpaired) electrons. The van der Waals surface area contributed by atoms with Crippen molar-refractivity contribution in [2.24, 2.45) is 11.8 Å². The third kappa shape index (κ3) is 3.33. The number of rotatable bonds is 1. The minimum Gasteiger partial charge on any atom is -0.340 e. The number of carbonyl (C=O) groups is 2. The molecule has 3 fully saturated rings. The molecule has 4 heterocycles. The van der Waals surface area contributed by atoms with Gasteiger partial charge in [0, 0.05) is 38.0 Å². The topological polar surface area (TPSA) is 52.7 Å². The monoisotopic (exact) mass is 403 g/mol. The Kier molecular flexibility index (Phi) is 5.66. The number of carbonyl (C=O) groups excluding carboxylic acids is 2. The van der Waals surface area contributed by atoms with Crippen molar-refractivity contribution in [2.75, 3.05) is 26.2 Å². The highest BCUT2D eigenvalue weighted by Crippen LogP contribution is 2.40. The van der Waals surface area contributed by atoms with Gasteiger partial charge in [0.05, 0.1) is 0 Å². The van der Waals surface area contributed by atoms with Gasteiger partial charge in [-0.15, -0.1) is 12.4 Å². The fourth-order valence-corrected chi connectivity index (χ4v) is 5.91. The van der Waals surface area contributed by atoms with Crippen LogP contribution in [0.15, 0.2) is 24.3 Å². The van der Waals surface area contributed by atoms with Crippen molar-refractivity contribution in [3.8, 4) is 0 Å². The summed E-state index contributed by atoms with van der Waals surface area (Å²) < 4.78 is 0. The quantitative estimate of drug-likeness (QED) is 0.780. The predicted octanol–water partition coefficient (Wildman–Crippen LogP) is 2.02. The molecule has 1 aromatic rings. The van der Waals surface area contributed by atoms with Crippen molar-refractivity contribution in [3.63, 3.8) is 0 Å². The van der Waals surface area contributed by atoms with E-state index in [-0.39, 0.29) is 42.2 Å². The van der Waals surface area contributed by atoms with Crippen LogP contribution in [0.4, 0.5) is 0 Å². The lowest BCUT2D eigenvalue weighted by molar-refractivity contribution is -0.161. The molecule has 0 saturated carbocycles. The normalized spacial score (nSPS) is 31.9. The molecule has 4 atom stereocenters. The summed E-state index contributed by atoms with van der Waals surface area (Å²) in [5, 5.41) is 3.54. The zero-order valence-electron chi connectivity index (χ0n) is 16.3. The number of nitrogens with one attached hydrogen (secondary N) is 1. The van der Waals surface area contributed by atoms with Gasteiger partial charge in [-0.1, -0.05) is 24.3 Å². The van der Waals surface area contributed by atoms with Gasteiger partial charge >= 0.3 is 0 Å². The fourth-order valence-electron chi connectivity index (χ4n) is 5.91. The SMILES string of the molecule is Cl.O=C([C@H]1[C@@H]2CNC[C@@H](C2)[C@@H]2CCCC(=O)N21)N1CCc2ccccc2CC1. The van der Waals surface area contributed by atoms with Crippen molar-refractivity contribution in [1.29, 1.82) is 0 Å². The number of amides is 2. The second-order valence-electron chi connectivity index (χ2n) is 8.71. The molecule has 5 rings (SSSR count). The minimum absolute atomic E-state index is 0. The molecule has 1 aromatic carbocycles. The molecule has 2 bridgehead atoms. The van der Waals surface area contributed by atoms with Crippen LogP contribution >= 0.6 is 12.4 Å². The second kappa shape index (κ2) is 8.03. The Hall–Kier alpha value is -1.59. The van der Waals surface area contributed by atoms with Crippen LogP contribution in [0.2, 0.25) is 0 Å². The van der Waals surface area contributed by atoms with Gasteiger partial charge in [-0.2, -0.15) is 0 Å². The summed E-state index contributed by atoms with van der Waals surface area (Å²) in [6, 6.07) is 8.54. The van der Waals surface area contributed by atoms with Crippen LogP contribution in [0.5, 0.6) is 0 Å². The molecule has 0 unspecified atom stereocenters. The maximum Gasteiger partial charge on any atom is 0.245 e. The molecular formula is C22H30ClN3O2. The van der Waals surface area contributed by atoms with Crippen LogP contribution in [-0.2, 0) is 22.4 Å². The molecule has 5 nitrogen and oxygen atoms in total. The summed E-state index contributed by atoms with van der Waals surface area (Å²) in [6.07, 6.45) is 5.56. The Balaban J connectivity index is 0.00000192. The maximum atomic E-state index is 13.7. The first-order chi connectivity index (χ1) is 13.2. The van der Waals surface area contributed by atoms with E-state index < -0.39 is 0 Å². The van der Waals surface area contributed by atoms with Gasteiger partial charge in [-0.25, -0.2) is 0 Å². The van der Waals surface area contributed by atoms with Crippen LogP contribution < -0.4 is 5.32 Å². The number of piperidine rings is 3. The lowest BCUT2D eigenvalue weighted by Gasteiger charge is -2.54. The van der Waals surface area contributed by atoms with E-state index in [1.165, 1.54) is 11.1 Å². The number of halogens is 1. The molecule has 0 aromatic heterocycles. The van der Waals surface area contributed by atoms with Crippen molar-refractivity contribution >= 4 is 24.2 Å². The van der Waals surface area contributed by atoms with E-state index in [4.69, 9.17) is 0 Å². The molecule has 6 heteroatoms. The second-order valence-corrected chi connectivity index (χ2v) is 8.71. The number of hydrogen-bond donors (Lipinski definition) is 1. The summed E-state index contributed by atoms with van der Waals surface area (Å²) in [5.41, 5.74) is 2.73. The third-order valence-corrected chi connectivity index (χ3v) is 7.23. The van der Waals surface area contributed by atoms with Gasteiger partial charge < -0.3 is 15.1 Å². The Morgan fingerprint density at radius 1 is 1.00 bits per heavy atom. The van der Waals surface area contributed by atoms with Crippen LogP contribution in [-0.4, -0.2) is 59.9 Å². The molecule has 3 saturated heterocycles. The molecular weight excluding hydrogens is 374 g/mol. The van der Waals surface area contributed by atoms with Gasteiger partial charge in [-0.3, -0.25) is 9.59 Å². The maximum absolute atomic E-state index is 13.7. The van der Waals surface area contributed by atoms with Gasteiger partial charge in [0.25, 0.3) is 0 Å². The van der Waals surface area contributed by atoms with E-state index >= 15 is 0 Å². The highest BCUT2D eigenvalue weighted by molar-refractivity contribution is 5.89. The predicted molar refractivity (Wildman–Crippen MR) is 110 cm³/mol. The molecule has 1 N–H and O–H groups in total. The first-order valence-corrected chi connectivity index (χ1v) is 10.6. The number of benzene rings is 1. The summed E-state index contributed by atoms with van der Waals surface area (Å²) in [4.78, 5) is 30.6. The van der Waals surface area contributed by atoms with E-state index in [0.717, 1.165) is 58.3 Å². The molecule has 4 aliphatic rings. The van der Waals surface area contributed by atoms with Crippen LogP contribution in [0.25, 0.3) is 0 Å². The lowest BCUT2D eigenvalue weighted by Crippen LogP contribution is -2.68. The van der Waals surface area contributed by atoms with E-state index in [1.54, 1.807) is 0 Å². The zero-order valence-corrected chi connectivity index (χ0v) is 17.1. The third-order valence-electron chi connectivity index (χ3n) is 7.23. The average Bonchev–Trinajstić information content (AvgIpc) is 2.92. The van der Waals surface area contributed by atoms with E-state index in [9.17, 15) is 9.59 Å². The highest BCUT2D eigenvalue weighted by atomic mass is 35.5. The summed E-state index contributed by atoms with van der Waals surface area (Å²) in [5.74, 6) is 1.18. The summed E-state index contributed by atoms with van der Waals surface area (Å²) >= 11 is 0. The molecule has 0 aliphatic carbocycles. The number of hydrogen-bond acceptors (Lipinski definition) is 3. The molecule has 0 spiro atoms. The van der Waals surface area contributed by atoms with E-state index in [2.05, 4.69) is 29.6 Å². The van der Waals surface area contributed by atoms with Crippen LogP contribution in [0.1, 0.15) is 36.8 Å². The molecule has 4 aliphatic heterocycles. The Bertz CT molecular complexity index is 728. The van der Waals surface area contributed by atoms with Crippen molar-refractivity contribution in [1.82, 2.24) is 15.1 Å². The number of nitrogens with zero attached hydrogens (tertiary/aromatic N) is 2. The molecule has 28 heavy (non-hydrogen) atoms. The first kappa shape index (κ1) is 19.7. The van der Waals surface area contributed by atoms with Gasteiger partial charge in [-0.05, 0) is 55.7 Å². The zero-order chi connectivity index (χ0) is 18.4. The highest BCUT2D eigenvalue weighted by Gasteiger charge is 2.51. The molecule has 152 valence electrons. The minimum atomic E-state index is -0.256. The van der Waals surface area contributed by atoms with Crippen LogP contribution in [0, 0.1) is 11.8 Å². The Morgan fingerprint density at radius 3 is 2.39 bits per heavy atom. The standard InChI is InChI=1S/C22H29N3O2.ClH/c26-20-7-3-6-19-17-12-18(14-23-13-17)21(25(19)20)22(27)24-10-8-15-4-1-2-5-16(15)9-11-24;/h1-2,4-5,17-19,21,23H,3,6-14H2;1H/t17-,18+,19+,21-;/m1./s1. The Labute approximate surface area is 173 Å². The fraction of sp³-hybridized carbons (Fsp3) is 0.636. The van der Waals surface area contributed by atoms with Crippen molar-refractivity contribution in [2.45, 2.75) is 50.6 Å². The van der Waals surface area contributed by atoms with E-state index in [1.807, 2.05) is 9.80 Å².